The summed E-state index contributed by atoms with van der Waals surface area (Å²) >= 11 is 0. The van der Waals surface area contributed by atoms with Gasteiger partial charge in [0, 0.05) is 25.1 Å². The molecule has 0 saturated carbocycles. The number of unbranched alkanes of at least 4 members (excludes halogenated alkanes) is 1. The maximum atomic E-state index is 12.3. The first-order chi connectivity index (χ1) is 16.4. The van der Waals surface area contributed by atoms with E-state index in [1.54, 1.807) is 0 Å². The fourth-order valence-electron chi connectivity index (χ4n) is 4.50. The van der Waals surface area contributed by atoms with Crippen LogP contribution in [0.2, 0.25) is 0 Å². The van der Waals surface area contributed by atoms with Crippen LogP contribution in [-0.2, 0) is 22.6 Å². The molecule has 6 heteroatoms. The second-order valence-corrected chi connectivity index (χ2v) is 9.76. The number of carbonyl (C=O) groups excluding carboxylic acids is 1. The molecule has 198 valence electrons. The van der Waals surface area contributed by atoms with Gasteiger partial charge in [0.1, 0.15) is 0 Å². The molecule has 0 aromatic heterocycles. The third-order valence-corrected chi connectivity index (χ3v) is 6.69. The summed E-state index contributed by atoms with van der Waals surface area (Å²) in [6, 6.07) is 12.7. The first kappa shape index (κ1) is 31.4. The monoisotopic (exact) mass is 506 g/mol. The van der Waals surface area contributed by atoms with Gasteiger partial charge >= 0.3 is 0 Å². The molecule has 5 nitrogen and oxygen atoms in total. The normalized spacial score (nSPS) is 14.7. The molecular formula is C29H47ClN2O3. The number of hydrogen-bond acceptors (Lipinski definition) is 4. The maximum Gasteiger partial charge on any atom is 0.222 e. The quantitative estimate of drug-likeness (QED) is 0.252. The topological polar surface area (TPSA) is 84.6 Å². The zero-order valence-electron chi connectivity index (χ0n) is 22.1. The summed E-state index contributed by atoms with van der Waals surface area (Å²) in [6.07, 6.45) is 5.37. The van der Waals surface area contributed by atoms with E-state index in [0.717, 1.165) is 45.1 Å². The number of aliphatic hydroxyl groups is 1. The summed E-state index contributed by atoms with van der Waals surface area (Å²) in [4.78, 5) is 12.3. The minimum atomic E-state index is -0.685. The Morgan fingerprint density at radius 3 is 2.54 bits per heavy atom. The van der Waals surface area contributed by atoms with Crippen LogP contribution in [0.3, 0.4) is 0 Å². The van der Waals surface area contributed by atoms with Crippen molar-refractivity contribution in [2.24, 2.45) is 17.6 Å². The maximum absolute atomic E-state index is 12.3. The Hall–Kier alpha value is -1.66. The predicted octanol–water partition coefficient (Wildman–Crippen LogP) is 5.78. The number of benzene rings is 2. The highest BCUT2D eigenvalue weighted by Crippen LogP contribution is 2.26. The summed E-state index contributed by atoms with van der Waals surface area (Å²) < 4.78 is 5.86. The van der Waals surface area contributed by atoms with Crippen LogP contribution >= 0.6 is 12.4 Å². The van der Waals surface area contributed by atoms with Gasteiger partial charge in [-0.05, 0) is 59.9 Å². The molecule has 0 aliphatic rings. The van der Waals surface area contributed by atoms with Crippen molar-refractivity contribution in [1.29, 1.82) is 0 Å². The van der Waals surface area contributed by atoms with Crippen molar-refractivity contribution in [3.05, 3.63) is 47.5 Å². The van der Waals surface area contributed by atoms with Crippen molar-refractivity contribution in [1.82, 2.24) is 5.32 Å². The number of carbonyl (C=O) groups is 1. The standard InChI is InChI=1S/C29H46N2O3.ClH/c1-5-8-13-31-29(33)21(4)15-28(32)27(30)19-22(7-3)16-23-17-24-11-9-10-12-26(24)25(18-23)20-34-14-6-2;/h9-12,17-18,21-22,27-28,32H,5-8,13-16,19-20,30H2,1-4H3,(H,31,33);1H/t21?,22-,27-,28-;/m0./s1. The van der Waals surface area contributed by atoms with Gasteiger partial charge in [-0.15, -0.1) is 12.4 Å². The minimum absolute atomic E-state index is 0. The number of aliphatic hydroxyl groups excluding tert-OH is 1. The molecule has 1 amide bonds. The SMILES string of the molecule is CCCCNC(=O)C(C)C[C@H](O)[C@@H](N)C[C@@H](CC)Cc1cc(COCCC)c2ccccc2c1.Cl. The lowest BCUT2D eigenvalue weighted by Gasteiger charge is -2.26. The highest BCUT2D eigenvalue weighted by Gasteiger charge is 2.24. The van der Waals surface area contributed by atoms with E-state index >= 15 is 0 Å². The molecule has 1 unspecified atom stereocenters. The van der Waals surface area contributed by atoms with Gasteiger partial charge in [0.2, 0.25) is 5.91 Å². The second-order valence-electron chi connectivity index (χ2n) is 9.76. The Morgan fingerprint density at radius 2 is 1.86 bits per heavy atom. The van der Waals surface area contributed by atoms with Crippen molar-refractivity contribution in [2.45, 2.75) is 91.4 Å². The fourth-order valence-corrected chi connectivity index (χ4v) is 4.50. The highest BCUT2D eigenvalue weighted by atomic mass is 35.5. The Labute approximate surface area is 218 Å². The van der Waals surface area contributed by atoms with Crippen molar-refractivity contribution in [3.63, 3.8) is 0 Å². The van der Waals surface area contributed by atoms with E-state index in [2.05, 4.69) is 62.5 Å². The van der Waals surface area contributed by atoms with Gasteiger partial charge in [-0.25, -0.2) is 0 Å². The minimum Gasteiger partial charge on any atom is -0.391 e. The van der Waals surface area contributed by atoms with E-state index in [1.807, 2.05) is 6.92 Å². The molecule has 0 bridgehead atoms. The summed E-state index contributed by atoms with van der Waals surface area (Å²) in [6.45, 7) is 10.3. The third-order valence-electron chi connectivity index (χ3n) is 6.69. The van der Waals surface area contributed by atoms with Crippen LogP contribution in [0.15, 0.2) is 36.4 Å². The molecular weight excluding hydrogens is 460 g/mol. The first-order valence-corrected chi connectivity index (χ1v) is 13.2. The number of amides is 1. The Bertz CT molecular complexity index is 876. The van der Waals surface area contributed by atoms with E-state index in [0.29, 0.717) is 25.5 Å². The van der Waals surface area contributed by atoms with E-state index in [1.165, 1.54) is 21.9 Å². The summed E-state index contributed by atoms with van der Waals surface area (Å²) in [5.41, 5.74) is 8.93. The van der Waals surface area contributed by atoms with Gasteiger partial charge in [0.05, 0.1) is 12.7 Å². The average molecular weight is 507 g/mol. The lowest BCUT2D eigenvalue weighted by Crippen LogP contribution is -2.40. The number of hydrogen-bond donors (Lipinski definition) is 3. The van der Waals surface area contributed by atoms with Crippen LogP contribution in [0.25, 0.3) is 10.8 Å². The largest absolute Gasteiger partial charge is 0.391 e. The molecule has 4 atom stereocenters. The van der Waals surface area contributed by atoms with Crippen molar-refractivity contribution in [3.8, 4) is 0 Å². The molecule has 0 saturated heterocycles. The van der Waals surface area contributed by atoms with E-state index in [4.69, 9.17) is 10.5 Å². The smallest absolute Gasteiger partial charge is 0.222 e. The highest BCUT2D eigenvalue weighted by molar-refractivity contribution is 5.86. The number of rotatable bonds is 16. The lowest BCUT2D eigenvalue weighted by molar-refractivity contribution is -0.125. The zero-order valence-corrected chi connectivity index (χ0v) is 22.9. The number of nitrogens with two attached hydrogens (primary N) is 1. The van der Waals surface area contributed by atoms with Crippen LogP contribution in [-0.4, -0.2) is 36.3 Å². The molecule has 4 N–H and O–H groups in total. The van der Waals surface area contributed by atoms with Gasteiger partial charge in [0.25, 0.3) is 0 Å². The molecule has 0 spiro atoms. The third kappa shape index (κ3) is 10.5. The van der Waals surface area contributed by atoms with Gasteiger partial charge in [-0.3, -0.25) is 4.79 Å². The molecule has 2 aromatic rings. The summed E-state index contributed by atoms with van der Waals surface area (Å²) in [5.74, 6) is 0.119. The number of fused-ring (bicyclic) bond motifs is 1. The molecule has 0 aliphatic heterocycles. The van der Waals surface area contributed by atoms with Crippen LogP contribution in [0.1, 0.15) is 77.3 Å². The second kappa shape index (κ2) is 16.9. The van der Waals surface area contributed by atoms with Gasteiger partial charge in [-0.2, -0.15) is 0 Å². The molecule has 2 rings (SSSR count). The number of ether oxygens (including phenoxy) is 1. The van der Waals surface area contributed by atoms with Crippen LogP contribution in [0.4, 0.5) is 0 Å². The lowest BCUT2D eigenvalue weighted by atomic mass is 9.86. The molecule has 0 heterocycles. The van der Waals surface area contributed by atoms with Crippen LogP contribution in [0.5, 0.6) is 0 Å². The summed E-state index contributed by atoms with van der Waals surface area (Å²) in [5, 5.41) is 16.1. The number of nitrogens with one attached hydrogen (secondary N) is 1. The van der Waals surface area contributed by atoms with Crippen LogP contribution < -0.4 is 11.1 Å². The van der Waals surface area contributed by atoms with Gasteiger partial charge in [0.15, 0.2) is 0 Å². The summed E-state index contributed by atoms with van der Waals surface area (Å²) in [7, 11) is 0. The fraction of sp³-hybridized carbons (Fsp3) is 0.621. The zero-order chi connectivity index (χ0) is 24.9. The molecule has 0 aliphatic carbocycles. The van der Waals surface area contributed by atoms with Crippen LogP contribution in [0, 0.1) is 11.8 Å². The first-order valence-electron chi connectivity index (χ1n) is 13.2. The van der Waals surface area contributed by atoms with Gasteiger partial charge in [-0.1, -0.05) is 76.9 Å². The average Bonchev–Trinajstić information content (AvgIpc) is 2.83. The number of halogens is 1. The van der Waals surface area contributed by atoms with E-state index in [9.17, 15) is 9.90 Å². The Morgan fingerprint density at radius 1 is 1.11 bits per heavy atom. The molecule has 2 aromatic carbocycles. The van der Waals surface area contributed by atoms with E-state index < -0.39 is 6.10 Å². The Balaban J connectivity index is 0.00000612. The van der Waals surface area contributed by atoms with Gasteiger partial charge < -0.3 is 20.9 Å². The van der Waals surface area contributed by atoms with Crippen molar-refractivity contribution in [2.75, 3.05) is 13.2 Å². The molecule has 35 heavy (non-hydrogen) atoms. The van der Waals surface area contributed by atoms with Crippen molar-refractivity contribution < 1.29 is 14.6 Å². The molecule has 0 fully saturated rings. The van der Waals surface area contributed by atoms with Crippen molar-refractivity contribution >= 4 is 29.1 Å². The van der Waals surface area contributed by atoms with E-state index in [-0.39, 0.29) is 30.3 Å². The molecule has 0 radical (unpaired) electrons. The Kier molecular flexibility index (Phi) is 15.2. The predicted molar refractivity (Wildman–Crippen MR) is 149 cm³/mol.